The highest BCUT2D eigenvalue weighted by atomic mass is 16.8. The molecule has 29 heavy (non-hydrogen) atoms. The highest BCUT2D eigenvalue weighted by molar-refractivity contribution is 5.87. The summed E-state index contributed by atoms with van der Waals surface area (Å²) < 4.78 is 21.4. The number of aliphatic hydroxyl groups excluding tert-OH is 4. The van der Waals surface area contributed by atoms with Crippen LogP contribution in [0.25, 0.3) is 0 Å². The van der Waals surface area contributed by atoms with Gasteiger partial charge in [-0.25, -0.2) is 4.79 Å². The van der Waals surface area contributed by atoms with Gasteiger partial charge in [0.15, 0.2) is 6.29 Å². The van der Waals surface area contributed by atoms with Crippen LogP contribution in [0.1, 0.15) is 20.3 Å². The van der Waals surface area contributed by atoms with E-state index in [1.807, 2.05) is 0 Å². The second-order valence-electron chi connectivity index (χ2n) is 7.68. The van der Waals surface area contributed by atoms with Gasteiger partial charge in [-0.1, -0.05) is 6.92 Å². The molecule has 0 aromatic rings. The van der Waals surface area contributed by atoms with Gasteiger partial charge in [0.05, 0.1) is 17.9 Å². The number of carboxylic acids is 1. The van der Waals surface area contributed by atoms with E-state index in [1.165, 1.54) is 6.92 Å². The average molecular weight is 418 g/mol. The topological polar surface area (TPSA) is 172 Å². The van der Waals surface area contributed by atoms with Crippen LogP contribution in [0.3, 0.4) is 0 Å². The Kier molecular flexibility index (Phi) is 6.46. The first-order chi connectivity index (χ1) is 13.6. The van der Waals surface area contributed by atoms with E-state index in [1.54, 1.807) is 6.92 Å². The first kappa shape index (κ1) is 21.9. The number of hydrogen-bond acceptors (Lipinski definition) is 10. The Bertz CT molecular complexity index is 664. The maximum atomic E-state index is 11.5. The Hall–Kier alpha value is -1.76. The summed E-state index contributed by atoms with van der Waals surface area (Å²) in [4.78, 5) is 22.5. The van der Waals surface area contributed by atoms with Crippen LogP contribution in [0.5, 0.6) is 0 Å². The summed E-state index contributed by atoms with van der Waals surface area (Å²) in [6, 6.07) is 0. The second kappa shape index (κ2) is 8.54. The molecule has 2 aliphatic heterocycles. The van der Waals surface area contributed by atoms with Gasteiger partial charge in [0.1, 0.15) is 31.0 Å². The number of rotatable bonds is 5. The van der Waals surface area contributed by atoms with Gasteiger partial charge in [0, 0.05) is 18.8 Å². The van der Waals surface area contributed by atoms with Crippen molar-refractivity contribution in [1.82, 2.24) is 0 Å². The number of ether oxygens (including phenoxy) is 4. The SMILES string of the molecule is CC(=O)OC[C@H]1O[C@@H](O[C@@H]2OC=C(C(=O)O)[C@H]3C[C@H](O)[C@H](C)[C@@H]23)[C@H](O)[C@@H](O)[C@@H]1O. The third kappa shape index (κ3) is 4.25. The molecule has 0 bridgehead atoms. The van der Waals surface area contributed by atoms with Crippen molar-refractivity contribution < 1.29 is 54.1 Å². The smallest absolute Gasteiger partial charge is 0.334 e. The zero-order valence-electron chi connectivity index (χ0n) is 16.0. The largest absolute Gasteiger partial charge is 0.478 e. The van der Waals surface area contributed by atoms with E-state index in [0.29, 0.717) is 0 Å². The molecule has 10 atom stereocenters. The fourth-order valence-corrected chi connectivity index (χ4v) is 4.18. The molecule has 1 saturated heterocycles. The molecule has 11 nitrogen and oxygen atoms in total. The van der Waals surface area contributed by atoms with Crippen molar-refractivity contribution in [2.75, 3.05) is 6.61 Å². The van der Waals surface area contributed by atoms with Crippen molar-refractivity contribution in [2.24, 2.45) is 17.8 Å². The summed E-state index contributed by atoms with van der Waals surface area (Å²) in [6.45, 7) is 2.54. The molecule has 0 amide bonds. The van der Waals surface area contributed by atoms with E-state index in [0.717, 1.165) is 6.26 Å². The maximum absolute atomic E-state index is 11.5. The minimum absolute atomic E-state index is 0.0200. The molecule has 5 N–H and O–H groups in total. The molecule has 1 saturated carbocycles. The molecule has 2 fully saturated rings. The lowest BCUT2D eigenvalue weighted by molar-refractivity contribution is -0.342. The Morgan fingerprint density at radius 3 is 2.45 bits per heavy atom. The van der Waals surface area contributed by atoms with Crippen LogP contribution in [0.4, 0.5) is 0 Å². The number of carbonyl (C=O) groups is 2. The van der Waals surface area contributed by atoms with Crippen LogP contribution >= 0.6 is 0 Å². The average Bonchev–Trinajstić information content (AvgIpc) is 2.96. The number of carbonyl (C=O) groups excluding carboxylic acids is 1. The highest BCUT2D eigenvalue weighted by Gasteiger charge is 2.53. The molecule has 1 aliphatic carbocycles. The van der Waals surface area contributed by atoms with Crippen LogP contribution in [-0.4, -0.2) is 87.2 Å². The predicted molar refractivity (Wildman–Crippen MR) is 91.8 cm³/mol. The van der Waals surface area contributed by atoms with Gasteiger partial charge in [-0.05, 0) is 12.3 Å². The highest BCUT2D eigenvalue weighted by Crippen LogP contribution is 2.47. The maximum Gasteiger partial charge on any atom is 0.334 e. The van der Waals surface area contributed by atoms with Crippen LogP contribution in [-0.2, 0) is 28.5 Å². The zero-order valence-corrected chi connectivity index (χ0v) is 16.0. The molecule has 0 unspecified atom stereocenters. The number of aliphatic hydroxyl groups is 4. The lowest BCUT2D eigenvalue weighted by atomic mass is 9.83. The molecular formula is C18H26O11. The molecule has 0 spiro atoms. The van der Waals surface area contributed by atoms with Gasteiger partial charge >= 0.3 is 11.9 Å². The third-order valence-corrected chi connectivity index (χ3v) is 5.85. The van der Waals surface area contributed by atoms with Gasteiger partial charge in [-0.3, -0.25) is 4.79 Å². The molecule has 0 aromatic heterocycles. The number of carboxylic acid groups (broad SMARTS) is 1. The molecule has 3 rings (SSSR count). The predicted octanol–water partition coefficient (Wildman–Crippen LogP) is -1.67. The lowest BCUT2D eigenvalue weighted by Crippen LogP contribution is -2.60. The van der Waals surface area contributed by atoms with E-state index in [-0.39, 0.29) is 24.5 Å². The minimum atomic E-state index is -1.63. The molecular weight excluding hydrogens is 392 g/mol. The summed E-state index contributed by atoms with van der Waals surface area (Å²) in [7, 11) is 0. The molecule has 11 heteroatoms. The van der Waals surface area contributed by atoms with Crippen molar-refractivity contribution in [1.29, 1.82) is 0 Å². The summed E-state index contributed by atoms with van der Waals surface area (Å²) >= 11 is 0. The molecule has 3 aliphatic rings. The molecule has 0 radical (unpaired) electrons. The molecule has 0 aromatic carbocycles. The first-order valence-electron chi connectivity index (χ1n) is 9.37. The number of fused-ring (bicyclic) bond motifs is 1. The van der Waals surface area contributed by atoms with Crippen molar-refractivity contribution in [2.45, 2.75) is 63.4 Å². The van der Waals surface area contributed by atoms with Gasteiger partial charge in [-0.2, -0.15) is 0 Å². The normalized spacial score (nSPS) is 44.4. The van der Waals surface area contributed by atoms with E-state index >= 15 is 0 Å². The van der Waals surface area contributed by atoms with E-state index in [4.69, 9.17) is 18.9 Å². The Labute approximate surface area is 166 Å². The van der Waals surface area contributed by atoms with Crippen LogP contribution in [0.15, 0.2) is 11.8 Å². The van der Waals surface area contributed by atoms with E-state index in [9.17, 15) is 35.1 Å². The zero-order chi connectivity index (χ0) is 21.5. The number of esters is 1. The van der Waals surface area contributed by atoms with Gasteiger partial charge < -0.3 is 44.5 Å². The van der Waals surface area contributed by atoms with Gasteiger partial charge in [0.25, 0.3) is 0 Å². The molecule has 2 heterocycles. The van der Waals surface area contributed by atoms with E-state index < -0.39 is 66.9 Å². The summed E-state index contributed by atoms with van der Waals surface area (Å²) in [5.41, 5.74) is 0.0200. The van der Waals surface area contributed by atoms with E-state index in [2.05, 4.69) is 0 Å². The van der Waals surface area contributed by atoms with Crippen LogP contribution in [0, 0.1) is 17.8 Å². The fraction of sp³-hybridized carbons (Fsp3) is 0.778. The van der Waals surface area contributed by atoms with Crippen molar-refractivity contribution >= 4 is 11.9 Å². The standard InChI is InChI=1S/C18H26O11/c1-6-10(20)3-8-9(16(24)25)4-27-17(12(6)8)29-18-15(23)14(22)13(21)11(28-18)5-26-7(2)19/h4,6,8,10-15,17-18,20-23H,3,5H2,1-2H3,(H,24,25)/t6-,8+,10-,11+,12+,13+,14-,15+,17-,18-/m0/s1. The third-order valence-electron chi connectivity index (χ3n) is 5.85. The van der Waals surface area contributed by atoms with Gasteiger partial charge in [-0.15, -0.1) is 0 Å². The second-order valence-corrected chi connectivity index (χ2v) is 7.68. The first-order valence-corrected chi connectivity index (χ1v) is 9.37. The summed E-state index contributed by atoms with van der Waals surface area (Å²) in [5, 5.41) is 50.0. The van der Waals surface area contributed by atoms with Gasteiger partial charge in [0.2, 0.25) is 6.29 Å². The quantitative estimate of drug-likeness (QED) is 0.323. The van der Waals surface area contributed by atoms with Crippen LogP contribution < -0.4 is 0 Å². The number of hydrogen-bond donors (Lipinski definition) is 5. The summed E-state index contributed by atoms with van der Waals surface area (Å²) in [5.74, 6) is -3.19. The number of aliphatic carboxylic acids is 1. The Balaban J connectivity index is 1.76. The van der Waals surface area contributed by atoms with Crippen LogP contribution in [0.2, 0.25) is 0 Å². The minimum Gasteiger partial charge on any atom is -0.478 e. The lowest BCUT2D eigenvalue weighted by Gasteiger charge is -2.43. The molecule has 164 valence electrons. The van der Waals surface area contributed by atoms with Crippen molar-refractivity contribution in [3.8, 4) is 0 Å². The summed E-state index contributed by atoms with van der Waals surface area (Å²) in [6.07, 6.45) is -7.93. The Morgan fingerprint density at radius 1 is 1.14 bits per heavy atom. The Morgan fingerprint density at radius 2 is 1.83 bits per heavy atom. The van der Waals surface area contributed by atoms with Crippen molar-refractivity contribution in [3.63, 3.8) is 0 Å². The van der Waals surface area contributed by atoms with Crippen molar-refractivity contribution in [3.05, 3.63) is 11.8 Å². The monoisotopic (exact) mass is 418 g/mol. The fourth-order valence-electron chi connectivity index (χ4n) is 4.18.